The number of hydrogen-bond donors (Lipinski definition) is 2. The van der Waals surface area contributed by atoms with E-state index < -0.39 is 0 Å². The van der Waals surface area contributed by atoms with Gasteiger partial charge in [-0.2, -0.15) is 0 Å². The Labute approximate surface area is 194 Å². The number of benzene rings is 1. The Morgan fingerprint density at radius 3 is 2.73 bits per heavy atom. The van der Waals surface area contributed by atoms with Crippen LogP contribution in [-0.4, -0.2) is 67.3 Å². The van der Waals surface area contributed by atoms with E-state index in [2.05, 4.69) is 63.6 Å². The average molecular weight is 542 g/mol. The van der Waals surface area contributed by atoms with Crippen molar-refractivity contribution in [2.45, 2.75) is 37.9 Å². The van der Waals surface area contributed by atoms with Gasteiger partial charge in [0, 0.05) is 28.1 Å². The first-order chi connectivity index (χ1) is 14.3. The van der Waals surface area contributed by atoms with E-state index in [4.69, 9.17) is 20.2 Å². The van der Waals surface area contributed by atoms with Gasteiger partial charge in [0.05, 0.1) is 0 Å². The Morgan fingerprint density at radius 1 is 1.27 bits per heavy atom. The van der Waals surface area contributed by atoms with Crippen LogP contribution in [0.3, 0.4) is 0 Å². The molecule has 0 fully saturated rings. The summed E-state index contributed by atoms with van der Waals surface area (Å²) in [6.07, 6.45) is 1.40. The molecule has 30 heavy (non-hydrogen) atoms. The van der Waals surface area contributed by atoms with E-state index >= 15 is 0 Å². The van der Waals surface area contributed by atoms with Crippen molar-refractivity contribution in [2.24, 2.45) is 26.1 Å². The molecule has 0 saturated carbocycles. The molecule has 3 N–H and O–H groups in total. The van der Waals surface area contributed by atoms with E-state index in [0.29, 0.717) is 19.0 Å². The number of ether oxygens (including phenoxy) is 2. The van der Waals surface area contributed by atoms with Gasteiger partial charge in [0.1, 0.15) is 25.4 Å². The van der Waals surface area contributed by atoms with Gasteiger partial charge in [-0.1, -0.05) is 32.5 Å². The molecule has 162 valence electrons. The molecule has 10 heteroatoms. The lowest BCUT2D eigenvalue weighted by Gasteiger charge is -2.29. The number of rotatable bonds is 5. The van der Waals surface area contributed by atoms with E-state index in [9.17, 15) is 0 Å². The second kappa shape index (κ2) is 8.91. The standard InChI is InChI=1S/C20H27IN6O2S/c1-20(2,3)10-23-4-5-27-18-16(17(22)24-11-25-18)26-19(27)30-15-9-14-13(8-12(15)21)28-6-7-29-14/h8-9,11,16,18,23H,4-7,10H2,1-3H3,(H2,22,24,25). The predicted octanol–water partition coefficient (Wildman–Crippen LogP) is 2.56. The molecule has 0 saturated heterocycles. The van der Waals surface area contributed by atoms with Crippen LogP contribution in [0.25, 0.3) is 0 Å². The lowest BCUT2D eigenvalue weighted by atomic mass is 9.97. The summed E-state index contributed by atoms with van der Waals surface area (Å²) in [4.78, 5) is 16.9. The third-order valence-corrected chi connectivity index (χ3v) is 7.15. The van der Waals surface area contributed by atoms with E-state index in [1.807, 2.05) is 12.1 Å². The van der Waals surface area contributed by atoms with Crippen molar-refractivity contribution in [3.05, 3.63) is 15.7 Å². The zero-order valence-electron chi connectivity index (χ0n) is 17.4. The van der Waals surface area contributed by atoms with Crippen molar-refractivity contribution in [3.8, 4) is 11.5 Å². The predicted molar refractivity (Wildman–Crippen MR) is 130 cm³/mol. The first kappa shape index (κ1) is 21.7. The van der Waals surface area contributed by atoms with E-state index in [-0.39, 0.29) is 17.6 Å². The molecular weight excluding hydrogens is 515 g/mol. The van der Waals surface area contributed by atoms with Crippen LogP contribution in [0.1, 0.15) is 20.8 Å². The summed E-state index contributed by atoms with van der Waals surface area (Å²) in [7, 11) is 0. The number of thioether (sulfide) groups is 1. The molecule has 0 bridgehead atoms. The van der Waals surface area contributed by atoms with Crippen molar-refractivity contribution in [2.75, 3.05) is 32.8 Å². The fourth-order valence-electron chi connectivity index (χ4n) is 3.37. The van der Waals surface area contributed by atoms with Gasteiger partial charge in [0.15, 0.2) is 28.9 Å². The highest BCUT2D eigenvalue weighted by Crippen LogP contribution is 2.40. The molecule has 3 aliphatic rings. The summed E-state index contributed by atoms with van der Waals surface area (Å²) in [5, 5.41) is 4.44. The normalized spacial score (nSPS) is 22.6. The molecule has 0 spiro atoms. The first-order valence-electron chi connectivity index (χ1n) is 9.99. The Balaban J connectivity index is 1.52. The van der Waals surface area contributed by atoms with Gasteiger partial charge in [0.25, 0.3) is 0 Å². The van der Waals surface area contributed by atoms with Crippen molar-refractivity contribution in [1.82, 2.24) is 10.2 Å². The molecule has 0 amide bonds. The van der Waals surface area contributed by atoms with E-state index in [1.54, 1.807) is 18.1 Å². The van der Waals surface area contributed by atoms with Crippen LogP contribution in [0.5, 0.6) is 11.5 Å². The fraction of sp³-hybridized carbons (Fsp3) is 0.550. The highest BCUT2D eigenvalue weighted by molar-refractivity contribution is 14.1. The molecule has 3 aliphatic heterocycles. The number of fused-ring (bicyclic) bond motifs is 2. The van der Waals surface area contributed by atoms with Gasteiger partial charge < -0.3 is 25.4 Å². The van der Waals surface area contributed by atoms with Crippen LogP contribution >= 0.6 is 34.4 Å². The SMILES string of the molecule is CC(C)(C)CNCCN1C(Sc2cc3c(cc2I)OCCO3)=NC2C(N)=NC=NC21. The molecule has 4 rings (SSSR count). The van der Waals surface area contributed by atoms with Gasteiger partial charge in [-0.05, 0) is 40.1 Å². The zero-order valence-corrected chi connectivity index (χ0v) is 20.4. The second-order valence-electron chi connectivity index (χ2n) is 8.55. The summed E-state index contributed by atoms with van der Waals surface area (Å²) in [5.74, 6) is 2.08. The minimum atomic E-state index is -0.241. The van der Waals surface area contributed by atoms with Gasteiger partial charge >= 0.3 is 0 Å². The topological polar surface area (TPSA) is 96.8 Å². The van der Waals surface area contributed by atoms with Crippen LogP contribution < -0.4 is 20.5 Å². The average Bonchev–Trinajstić information content (AvgIpc) is 3.04. The third-order valence-electron chi connectivity index (χ3n) is 4.81. The Kier molecular flexibility index (Phi) is 6.44. The minimum absolute atomic E-state index is 0.142. The Bertz CT molecular complexity index is 898. The zero-order chi connectivity index (χ0) is 21.3. The summed E-state index contributed by atoms with van der Waals surface area (Å²) < 4.78 is 12.6. The van der Waals surface area contributed by atoms with Crippen molar-refractivity contribution in [3.63, 3.8) is 0 Å². The summed E-state index contributed by atoms with van der Waals surface area (Å²) in [6, 6.07) is 3.81. The summed E-state index contributed by atoms with van der Waals surface area (Å²) in [5.41, 5.74) is 6.37. The van der Waals surface area contributed by atoms with Crippen molar-refractivity contribution < 1.29 is 9.47 Å². The van der Waals surface area contributed by atoms with Gasteiger partial charge in [-0.15, -0.1) is 0 Å². The first-order valence-corrected chi connectivity index (χ1v) is 11.9. The maximum atomic E-state index is 6.13. The maximum absolute atomic E-state index is 6.13. The van der Waals surface area contributed by atoms with Crippen LogP contribution in [-0.2, 0) is 0 Å². The number of halogens is 1. The lowest BCUT2D eigenvalue weighted by molar-refractivity contribution is 0.171. The Morgan fingerprint density at radius 2 is 2.00 bits per heavy atom. The molecule has 2 atom stereocenters. The monoisotopic (exact) mass is 542 g/mol. The largest absolute Gasteiger partial charge is 0.486 e. The van der Waals surface area contributed by atoms with Gasteiger partial charge in [-0.25, -0.2) is 15.0 Å². The molecule has 3 heterocycles. The number of hydrogen-bond acceptors (Lipinski definition) is 9. The number of nitrogens with zero attached hydrogens (tertiary/aromatic N) is 4. The smallest absolute Gasteiger partial charge is 0.166 e. The fourth-order valence-corrected chi connectivity index (χ4v) is 5.14. The third kappa shape index (κ3) is 4.86. The van der Waals surface area contributed by atoms with E-state index in [1.165, 1.54) is 0 Å². The van der Waals surface area contributed by atoms with Crippen molar-refractivity contribution in [1.29, 1.82) is 0 Å². The van der Waals surface area contributed by atoms with Gasteiger partial charge in [-0.3, -0.25) is 0 Å². The molecule has 0 radical (unpaired) electrons. The van der Waals surface area contributed by atoms with E-state index in [0.717, 1.165) is 44.8 Å². The Hall–Kier alpha value is -1.53. The van der Waals surface area contributed by atoms with Gasteiger partial charge in [0.2, 0.25) is 0 Å². The molecular formula is C20H27IN6O2S. The van der Waals surface area contributed by atoms with Crippen LogP contribution in [0.2, 0.25) is 0 Å². The molecule has 2 unspecified atom stereocenters. The second-order valence-corrected chi connectivity index (χ2v) is 10.7. The van der Waals surface area contributed by atoms with Crippen LogP contribution in [0.15, 0.2) is 32.0 Å². The van der Waals surface area contributed by atoms with Crippen LogP contribution in [0.4, 0.5) is 0 Å². The number of nitrogens with two attached hydrogens (primary N) is 1. The molecule has 1 aromatic carbocycles. The minimum Gasteiger partial charge on any atom is -0.486 e. The highest BCUT2D eigenvalue weighted by atomic mass is 127. The van der Waals surface area contributed by atoms with Crippen molar-refractivity contribution >= 4 is 51.7 Å². The number of nitrogens with one attached hydrogen (secondary N) is 1. The lowest BCUT2D eigenvalue weighted by Crippen LogP contribution is -2.47. The highest BCUT2D eigenvalue weighted by Gasteiger charge is 2.39. The molecule has 0 aromatic heterocycles. The summed E-state index contributed by atoms with van der Waals surface area (Å²) >= 11 is 3.94. The number of amidine groups is 2. The maximum Gasteiger partial charge on any atom is 0.166 e. The quantitative estimate of drug-likeness (QED) is 0.439. The molecule has 8 nitrogen and oxygen atoms in total. The number of aliphatic imine (C=N–C) groups is 3. The molecule has 0 aliphatic carbocycles. The summed E-state index contributed by atoms with van der Waals surface area (Å²) in [6.45, 7) is 10.4. The van der Waals surface area contributed by atoms with Crippen LogP contribution in [0, 0.1) is 8.99 Å². The molecule has 1 aromatic rings.